The van der Waals surface area contributed by atoms with Crippen LogP contribution in [0.1, 0.15) is 33.1 Å². The molecule has 1 heterocycles. The molecule has 15 heavy (non-hydrogen) atoms. The molecule has 0 aromatic heterocycles. The van der Waals surface area contributed by atoms with E-state index in [4.69, 9.17) is 9.57 Å². The lowest BCUT2D eigenvalue weighted by atomic mass is 9.99. The number of hydrogen-bond acceptors (Lipinski definition) is 4. The Bertz CT molecular complexity index is 267. The minimum Gasteiger partial charge on any atom is -0.463 e. The van der Waals surface area contributed by atoms with E-state index in [0.717, 1.165) is 12.1 Å². The SMILES string of the molecule is CCC1=NOC(C)(C(=O)OCCCF)C1. The summed E-state index contributed by atoms with van der Waals surface area (Å²) in [6, 6.07) is 0. The molecule has 0 amide bonds. The molecule has 1 aliphatic rings. The van der Waals surface area contributed by atoms with Crippen LogP contribution in [0.4, 0.5) is 4.39 Å². The second-order valence-corrected chi connectivity index (χ2v) is 3.69. The highest BCUT2D eigenvalue weighted by atomic mass is 19.1. The fourth-order valence-corrected chi connectivity index (χ4v) is 1.29. The first-order valence-corrected chi connectivity index (χ1v) is 5.09. The molecule has 0 bridgehead atoms. The van der Waals surface area contributed by atoms with Crippen LogP contribution in [0.3, 0.4) is 0 Å². The van der Waals surface area contributed by atoms with Crippen molar-refractivity contribution < 1.29 is 18.8 Å². The van der Waals surface area contributed by atoms with Gasteiger partial charge in [-0.05, 0) is 13.3 Å². The van der Waals surface area contributed by atoms with Gasteiger partial charge in [-0.15, -0.1) is 0 Å². The molecule has 86 valence electrons. The Balaban J connectivity index is 2.40. The van der Waals surface area contributed by atoms with Gasteiger partial charge in [-0.2, -0.15) is 0 Å². The van der Waals surface area contributed by atoms with Crippen LogP contribution in [0.15, 0.2) is 5.16 Å². The number of nitrogens with zero attached hydrogens (tertiary/aromatic N) is 1. The molecule has 1 aliphatic heterocycles. The summed E-state index contributed by atoms with van der Waals surface area (Å²) in [6.07, 6.45) is 1.44. The van der Waals surface area contributed by atoms with Crippen LogP contribution in [0.5, 0.6) is 0 Å². The Morgan fingerprint density at radius 3 is 3.00 bits per heavy atom. The number of halogens is 1. The van der Waals surface area contributed by atoms with Crippen LogP contribution in [-0.4, -0.2) is 30.6 Å². The number of hydrogen-bond donors (Lipinski definition) is 0. The average Bonchev–Trinajstić information content (AvgIpc) is 2.62. The molecular formula is C10H16FNO3. The normalized spacial score (nSPS) is 24.6. The third kappa shape index (κ3) is 2.91. The summed E-state index contributed by atoms with van der Waals surface area (Å²) in [5.74, 6) is -0.469. The number of esters is 1. The smallest absolute Gasteiger partial charge is 0.353 e. The van der Waals surface area contributed by atoms with Crippen LogP contribution in [-0.2, 0) is 14.4 Å². The van der Waals surface area contributed by atoms with Gasteiger partial charge >= 0.3 is 5.97 Å². The van der Waals surface area contributed by atoms with Gasteiger partial charge in [-0.25, -0.2) is 4.79 Å². The Morgan fingerprint density at radius 1 is 1.73 bits per heavy atom. The molecule has 0 spiro atoms. The minimum atomic E-state index is -1.01. The molecule has 0 saturated carbocycles. The van der Waals surface area contributed by atoms with E-state index < -0.39 is 18.2 Å². The van der Waals surface area contributed by atoms with Gasteiger partial charge in [0.2, 0.25) is 5.60 Å². The summed E-state index contributed by atoms with van der Waals surface area (Å²) >= 11 is 0. The van der Waals surface area contributed by atoms with Gasteiger partial charge in [0.15, 0.2) is 0 Å². The topological polar surface area (TPSA) is 47.9 Å². The van der Waals surface area contributed by atoms with Gasteiger partial charge in [0.1, 0.15) is 0 Å². The average molecular weight is 217 g/mol. The second-order valence-electron chi connectivity index (χ2n) is 3.69. The highest BCUT2D eigenvalue weighted by Gasteiger charge is 2.42. The summed E-state index contributed by atoms with van der Waals surface area (Å²) < 4.78 is 16.7. The molecule has 1 unspecified atom stereocenters. The lowest BCUT2D eigenvalue weighted by molar-refractivity contribution is -0.167. The number of carbonyl (C=O) groups is 1. The van der Waals surface area contributed by atoms with Crippen molar-refractivity contribution in [2.24, 2.45) is 5.16 Å². The van der Waals surface area contributed by atoms with Crippen LogP contribution < -0.4 is 0 Å². The van der Waals surface area contributed by atoms with Crippen molar-refractivity contribution in [1.82, 2.24) is 0 Å². The predicted octanol–water partition coefficient (Wildman–Crippen LogP) is 1.83. The zero-order valence-electron chi connectivity index (χ0n) is 9.09. The van der Waals surface area contributed by atoms with E-state index in [1.807, 2.05) is 6.92 Å². The summed E-state index contributed by atoms with van der Waals surface area (Å²) in [4.78, 5) is 16.6. The largest absolute Gasteiger partial charge is 0.463 e. The zero-order chi connectivity index (χ0) is 11.3. The van der Waals surface area contributed by atoms with E-state index >= 15 is 0 Å². The van der Waals surface area contributed by atoms with E-state index in [-0.39, 0.29) is 13.0 Å². The van der Waals surface area contributed by atoms with Crippen molar-refractivity contribution in [2.45, 2.75) is 38.7 Å². The molecule has 1 atom stereocenters. The van der Waals surface area contributed by atoms with Crippen molar-refractivity contribution >= 4 is 11.7 Å². The molecule has 1 rings (SSSR count). The van der Waals surface area contributed by atoms with Crippen molar-refractivity contribution in [3.05, 3.63) is 0 Å². The molecule has 0 fully saturated rings. The lowest BCUT2D eigenvalue weighted by Gasteiger charge is -2.18. The van der Waals surface area contributed by atoms with Crippen LogP contribution >= 0.6 is 0 Å². The van der Waals surface area contributed by atoms with Crippen molar-refractivity contribution in [3.8, 4) is 0 Å². The quantitative estimate of drug-likeness (QED) is 0.521. The Kier molecular flexibility index (Phi) is 4.05. The van der Waals surface area contributed by atoms with Gasteiger partial charge in [-0.1, -0.05) is 12.1 Å². The highest BCUT2D eigenvalue weighted by molar-refractivity contribution is 5.93. The van der Waals surface area contributed by atoms with E-state index in [9.17, 15) is 9.18 Å². The van der Waals surface area contributed by atoms with Gasteiger partial charge in [-0.3, -0.25) is 4.39 Å². The van der Waals surface area contributed by atoms with Gasteiger partial charge in [0.05, 0.1) is 19.0 Å². The Morgan fingerprint density at radius 2 is 2.47 bits per heavy atom. The predicted molar refractivity (Wildman–Crippen MR) is 53.4 cm³/mol. The van der Waals surface area contributed by atoms with Gasteiger partial charge in [0.25, 0.3) is 0 Å². The number of rotatable bonds is 5. The Labute approximate surface area is 88.4 Å². The first-order chi connectivity index (χ1) is 7.12. The first kappa shape index (κ1) is 11.9. The highest BCUT2D eigenvalue weighted by Crippen LogP contribution is 2.26. The van der Waals surface area contributed by atoms with E-state index in [2.05, 4.69) is 5.16 Å². The van der Waals surface area contributed by atoms with E-state index in [0.29, 0.717) is 6.42 Å². The molecule has 0 radical (unpaired) electrons. The maximum absolute atomic E-state index is 11.8. The van der Waals surface area contributed by atoms with E-state index in [1.165, 1.54) is 0 Å². The molecule has 0 saturated heterocycles. The molecule has 0 aliphatic carbocycles. The van der Waals surface area contributed by atoms with E-state index in [1.54, 1.807) is 6.92 Å². The molecule has 4 nitrogen and oxygen atoms in total. The third-order valence-corrected chi connectivity index (χ3v) is 2.27. The fraction of sp³-hybridized carbons (Fsp3) is 0.800. The van der Waals surface area contributed by atoms with Crippen LogP contribution in [0.25, 0.3) is 0 Å². The first-order valence-electron chi connectivity index (χ1n) is 5.09. The van der Waals surface area contributed by atoms with Crippen molar-refractivity contribution in [2.75, 3.05) is 13.3 Å². The van der Waals surface area contributed by atoms with Crippen molar-refractivity contribution in [3.63, 3.8) is 0 Å². The van der Waals surface area contributed by atoms with Gasteiger partial charge in [0, 0.05) is 12.8 Å². The minimum absolute atomic E-state index is 0.0930. The molecule has 0 aromatic carbocycles. The Hall–Kier alpha value is -1.13. The summed E-state index contributed by atoms with van der Waals surface area (Å²) in [6.45, 7) is 3.19. The summed E-state index contributed by atoms with van der Waals surface area (Å²) in [5, 5.41) is 3.80. The number of oxime groups is 1. The van der Waals surface area contributed by atoms with Crippen molar-refractivity contribution in [1.29, 1.82) is 0 Å². The number of carbonyl (C=O) groups excluding carboxylic acids is 1. The maximum atomic E-state index is 11.8. The zero-order valence-corrected chi connectivity index (χ0v) is 9.09. The fourth-order valence-electron chi connectivity index (χ4n) is 1.29. The summed E-state index contributed by atoms with van der Waals surface area (Å²) in [5.41, 5.74) is -0.165. The lowest BCUT2D eigenvalue weighted by Crippen LogP contribution is -2.37. The standard InChI is InChI=1S/C10H16FNO3/c1-3-8-7-10(2,15-12-8)9(13)14-6-4-5-11/h3-7H2,1-2H3. The maximum Gasteiger partial charge on any atom is 0.353 e. The van der Waals surface area contributed by atoms with Crippen LogP contribution in [0.2, 0.25) is 0 Å². The third-order valence-electron chi connectivity index (χ3n) is 2.27. The second kappa shape index (κ2) is 5.09. The van der Waals surface area contributed by atoms with Gasteiger partial charge < -0.3 is 9.57 Å². The molecule has 0 aromatic rings. The number of alkyl halides is 1. The number of ether oxygens (including phenoxy) is 1. The molecular weight excluding hydrogens is 201 g/mol. The summed E-state index contributed by atoms with van der Waals surface area (Å²) in [7, 11) is 0. The molecule has 0 N–H and O–H groups in total. The molecule has 5 heteroatoms. The monoisotopic (exact) mass is 217 g/mol. The van der Waals surface area contributed by atoms with Crippen LogP contribution in [0, 0.1) is 0 Å².